The highest BCUT2D eigenvalue weighted by molar-refractivity contribution is 7.52. The zero-order valence-corrected chi connectivity index (χ0v) is 21.5. The van der Waals surface area contributed by atoms with Crippen molar-refractivity contribution in [3.05, 3.63) is 65.0 Å². The number of nitrogens with two attached hydrogens (primary N) is 1. The number of fused-ring (bicyclic) bond motifs is 1. The number of hydrogen-bond acceptors (Lipinski definition) is 10. The summed E-state index contributed by atoms with van der Waals surface area (Å²) in [4.78, 5) is 27.6. The summed E-state index contributed by atoms with van der Waals surface area (Å²) in [6, 6.07) is 12.4. The molecule has 1 saturated heterocycles. The number of nitrogen functional groups attached to an aromatic ring is 1. The molecular weight excluding hydrogens is 522 g/mol. The Kier molecular flexibility index (Phi) is 8.44. The van der Waals surface area contributed by atoms with E-state index in [1.54, 1.807) is 38.1 Å². The number of aliphatic hydroxyl groups excluding tert-OH is 1. The summed E-state index contributed by atoms with van der Waals surface area (Å²) in [5, 5.41) is 14.4. The van der Waals surface area contributed by atoms with Crippen molar-refractivity contribution in [1.29, 1.82) is 0 Å². The number of halogens is 1. The molecule has 4 rings (SSSR count). The first kappa shape index (κ1) is 27.7. The third-order valence-electron chi connectivity index (χ3n) is 5.56. The van der Waals surface area contributed by atoms with Crippen LogP contribution in [0.15, 0.2) is 53.5 Å². The van der Waals surface area contributed by atoms with E-state index in [1.165, 1.54) is 0 Å². The molecule has 0 radical (unpaired) electrons. The van der Waals surface area contributed by atoms with Gasteiger partial charge in [-0.2, -0.15) is 4.98 Å². The smallest absolute Gasteiger partial charge is 0.459 e. The van der Waals surface area contributed by atoms with Gasteiger partial charge in [0.05, 0.1) is 25.0 Å². The van der Waals surface area contributed by atoms with Crippen LogP contribution in [-0.4, -0.2) is 52.1 Å². The molecule has 38 heavy (non-hydrogen) atoms. The number of aliphatic hydroxyl groups is 1. The number of nitrogens with zero attached hydrogens (tertiary/aromatic N) is 2. The fourth-order valence-electron chi connectivity index (χ4n) is 3.88. The molecule has 2 heterocycles. The molecule has 4 N–H and O–H groups in total. The van der Waals surface area contributed by atoms with Gasteiger partial charge in [-0.25, -0.2) is 18.8 Å². The third kappa shape index (κ3) is 6.55. The van der Waals surface area contributed by atoms with Gasteiger partial charge in [0.2, 0.25) is 0 Å². The number of benzene rings is 2. The molecule has 14 heteroatoms. The van der Waals surface area contributed by atoms with Crippen molar-refractivity contribution in [2.75, 3.05) is 18.9 Å². The highest BCUT2D eigenvalue weighted by Gasteiger charge is 2.39. The van der Waals surface area contributed by atoms with Crippen LogP contribution in [0, 0.1) is 5.82 Å². The number of carbonyl (C=O) groups is 1. The van der Waals surface area contributed by atoms with Gasteiger partial charge in [0.15, 0.2) is 17.9 Å². The number of hydrogen-bond donors (Lipinski definition) is 3. The summed E-state index contributed by atoms with van der Waals surface area (Å²) in [5.74, 6) is -1.95. The first-order valence-corrected chi connectivity index (χ1v) is 13.3. The number of esters is 1. The summed E-state index contributed by atoms with van der Waals surface area (Å²) in [5.41, 5.74) is 4.40. The van der Waals surface area contributed by atoms with Gasteiger partial charge in [0, 0.05) is 11.8 Å². The summed E-state index contributed by atoms with van der Waals surface area (Å²) in [6.45, 7) is 2.52. The van der Waals surface area contributed by atoms with E-state index in [1.807, 2.05) is 18.2 Å². The first-order chi connectivity index (χ1) is 18.0. The molecule has 1 aromatic heterocycles. The van der Waals surface area contributed by atoms with E-state index < -0.39 is 56.0 Å². The van der Waals surface area contributed by atoms with Crippen LogP contribution in [0.5, 0.6) is 5.75 Å². The van der Waals surface area contributed by atoms with Crippen molar-refractivity contribution in [2.24, 2.45) is 0 Å². The van der Waals surface area contributed by atoms with E-state index in [0.717, 1.165) is 16.2 Å². The second-order valence-corrected chi connectivity index (χ2v) is 10.6. The normalized spacial score (nSPS) is 20.9. The minimum absolute atomic E-state index is 0.0350. The Morgan fingerprint density at radius 2 is 2.05 bits per heavy atom. The summed E-state index contributed by atoms with van der Waals surface area (Å²) < 4.78 is 50.5. The standard InChI is InChI=1S/C24H28FN4O8P/c1-14(2)35-21(31)11-27-38(33,37-20-9-5-7-15-6-3-4-8-17(15)20)34-13-16-10-19(30)23(36-16)29-12-18(25)22(26)28-24(29)32/h3-9,12,14,16,19,23,30H,10-11,13H2,1-2H3,(H,27,33)(H2,26,28,32). The van der Waals surface area contributed by atoms with E-state index in [2.05, 4.69) is 10.1 Å². The predicted octanol–water partition coefficient (Wildman–Crippen LogP) is 2.51. The third-order valence-corrected chi connectivity index (χ3v) is 7.03. The van der Waals surface area contributed by atoms with E-state index in [0.29, 0.717) is 5.39 Å². The maximum Gasteiger partial charge on any atom is 0.459 e. The van der Waals surface area contributed by atoms with E-state index in [-0.39, 0.29) is 24.9 Å². The van der Waals surface area contributed by atoms with Crippen molar-refractivity contribution in [3.8, 4) is 5.75 Å². The van der Waals surface area contributed by atoms with Gasteiger partial charge in [0.1, 0.15) is 18.4 Å². The van der Waals surface area contributed by atoms with Crippen LogP contribution in [0.3, 0.4) is 0 Å². The number of carbonyl (C=O) groups excluding carboxylic acids is 1. The Balaban J connectivity index is 1.51. The minimum atomic E-state index is -4.20. The summed E-state index contributed by atoms with van der Waals surface area (Å²) in [6.07, 6.45) is -2.99. The Morgan fingerprint density at radius 3 is 2.82 bits per heavy atom. The molecule has 1 aliphatic rings. The van der Waals surface area contributed by atoms with Crippen molar-refractivity contribution in [3.63, 3.8) is 0 Å². The molecule has 204 valence electrons. The quantitative estimate of drug-likeness (QED) is 0.251. The average Bonchev–Trinajstić information content (AvgIpc) is 3.24. The Hall–Kier alpha value is -3.35. The maximum absolute atomic E-state index is 13.9. The average molecular weight is 550 g/mol. The Bertz CT molecular complexity index is 1410. The molecule has 4 atom stereocenters. The number of anilines is 1. The number of rotatable bonds is 10. The molecule has 0 spiro atoms. The van der Waals surface area contributed by atoms with Crippen molar-refractivity contribution < 1.29 is 37.4 Å². The summed E-state index contributed by atoms with van der Waals surface area (Å²) >= 11 is 0. The molecule has 0 bridgehead atoms. The molecule has 0 aliphatic carbocycles. The molecule has 0 saturated carbocycles. The van der Waals surface area contributed by atoms with Gasteiger partial charge in [0.25, 0.3) is 0 Å². The lowest BCUT2D eigenvalue weighted by Gasteiger charge is -2.22. The van der Waals surface area contributed by atoms with Crippen molar-refractivity contribution >= 4 is 30.3 Å². The first-order valence-electron chi connectivity index (χ1n) is 11.8. The van der Waals surface area contributed by atoms with Gasteiger partial charge in [-0.15, -0.1) is 0 Å². The van der Waals surface area contributed by atoms with Crippen LogP contribution in [0.25, 0.3) is 10.8 Å². The molecule has 2 aromatic carbocycles. The van der Waals surface area contributed by atoms with Crippen LogP contribution in [-0.2, 0) is 23.4 Å². The van der Waals surface area contributed by atoms with Crippen LogP contribution >= 0.6 is 7.75 Å². The lowest BCUT2D eigenvalue weighted by molar-refractivity contribution is -0.145. The van der Waals surface area contributed by atoms with Crippen molar-refractivity contribution in [2.45, 2.75) is 44.8 Å². The molecular formula is C24H28FN4O8P. The maximum atomic E-state index is 13.9. The van der Waals surface area contributed by atoms with E-state index in [9.17, 15) is 23.7 Å². The summed E-state index contributed by atoms with van der Waals surface area (Å²) in [7, 11) is -4.20. The largest absolute Gasteiger partial charge is 0.462 e. The minimum Gasteiger partial charge on any atom is -0.462 e. The zero-order chi connectivity index (χ0) is 27.4. The fourth-order valence-corrected chi connectivity index (χ4v) is 5.20. The van der Waals surface area contributed by atoms with Crippen LogP contribution in [0.2, 0.25) is 0 Å². The second kappa shape index (κ2) is 11.6. The molecule has 1 aliphatic heterocycles. The Labute approximate surface area is 217 Å². The van der Waals surface area contributed by atoms with Crippen LogP contribution < -0.4 is 21.0 Å². The van der Waals surface area contributed by atoms with Gasteiger partial charge in [-0.1, -0.05) is 36.4 Å². The van der Waals surface area contributed by atoms with E-state index >= 15 is 0 Å². The van der Waals surface area contributed by atoms with Crippen molar-refractivity contribution in [1.82, 2.24) is 14.6 Å². The van der Waals surface area contributed by atoms with Gasteiger partial charge in [-0.3, -0.25) is 13.9 Å². The topological polar surface area (TPSA) is 164 Å². The zero-order valence-electron chi connectivity index (χ0n) is 20.7. The van der Waals surface area contributed by atoms with Gasteiger partial charge >= 0.3 is 19.4 Å². The number of aromatic nitrogens is 2. The Morgan fingerprint density at radius 1 is 1.32 bits per heavy atom. The molecule has 0 amide bonds. The molecule has 3 aromatic rings. The second-order valence-electron chi connectivity index (χ2n) is 8.85. The highest BCUT2D eigenvalue weighted by Crippen LogP contribution is 2.47. The van der Waals surface area contributed by atoms with E-state index in [4.69, 9.17) is 24.3 Å². The van der Waals surface area contributed by atoms with Crippen LogP contribution in [0.4, 0.5) is 10.2 Å². The fraction of sp³-hybridized carbons (Fsp3) is 0.375. The monoisotopic (exact) mass is 550 g/mol. The number of nitrogens with one attached hydrogen (secondary N) is 1. The SMILES string of the molecule is CC(C)OC(=O)CNP(=O)(OCC1CC(O)C(n2cc(F)c(N)nc2=O)O1)Oc1cccc2ccccc12. The molecule has 4 unspecified atom stereocenters. The lowest BCUT2D eigenvalue weighted by atomic mass is 10.1. The molecule has 12 nitrogen and oxygen atoms in total. The number of ether oxygens (including phenoxy) is 2. The predicted molar refractivity (Wildman–Crippen MR) is 135 cm³/mol. The molecule has 1 fully saturated rings. The van der Waals surface area contributed by atoms with Gasteiger partial charge < -0.3 is 24.8 Å². The van der Waals surface area contributed by atoms with Crippen LogP contribution in [0.1, 0.15) is 26.5 Å². The highest BCUT2D eigenvalue weighted by atomic mass is 31.2. The lowest BCUT2D eigenvalue weighted by Crippen LogP contribution is -2.32. The van der Waals surface area contributed by atoms with Gasteiger partial charge in [-0.05, 0) is 25.3 Å².